The molecule has 2 aromatic carbocycles. The van der Waals surface area contributed by atoms with Crippen molar-refractivity contribution in [2.45, 2.75) is 82.6 Å². The molecule has 5 atom stereocenters. The van der Waals surface area contributed by atoms with Crippen molar-refractivity contribution < 1.29 is 37.8 Å². The molecular formula is C42H50Cl3N9O8S. The highest BCUT2D eigenvalue weighted by atomic mass is 35.5. The standard InChI is InChI=1S/C42H48ClN9O8S.2ClH/c1-21(2)34(50-37(53)23(5)46)41(55)59-19-30(60-42(56)35(22(3)4)51-38(54)24(6)47)18-57-29-13-9-25(10-14-29)33-31(15-44)36(48)52-40(32(33)16-45)61-20-28-17-58-39(49-28)26-7-11-27(43)12-8-26;;/h7-14,17,21-24,30,34-35H,18-20,46-47H2,1-6H3,(H2,48,52)(H,50,53)(H,51,54);2*1H/t23-,24-,30-,34-,35-;;/m0../s1. The van der Waals surface area contributed by atoms with E-state index in [1.807, 2.05) is 0 Å². The summed E-state index contributed by atoms with van der Waals surface area (Å²) in [4.78, 5) is 60.2. The zero-order valence-electron chi connectivity index (χ0n) is 35.2. The number of hydrogen-bond donors (Lipinski definition) is 5. The van der Waals surface area contributed by atoms with E-state index in [-0.39, 0.29) is 76.4 Å². The van der Waals surface area contributed by atoms with Crippen LogP contribution in [0.3, 0.4) is 0 Å². The second-order valence-electron chi connectivity index (χ2n) is 14.7. The quantitative estimate of drug-likeness (QED) is 0.0587. The largest absolute Gasteiger partial charge is 0.490 e. The number of nitrogens with zero attached hydrogens (tertiary/aromatic N) is 4. The Morgan fingerprint density at radius 3 is 1.86 bits per heavy atom. The zero-order chi connectivity index (χ0) is 45.0. The van der Waals surface area contributed by atoms with Crippen LogP contribution in [0.25, 0.3) is 22.6 Å². The van der Waals surface area contributed by atoms with Gasteiger partial charge in [0.05, 0.1) is 23.3 Å². The van der Waals surface area contributed by atoms with Crippen LogP contribution >= 0.6 is 48.2 Å². The van der Waals surface area contributed by atoms with Gasteiger partial charge in [0.2, 0.25) is 17.7 Å². The number of rotatable bonds is 19. The van der Waals surface area contributed by atoms with Crippen molar-refractivity contribution >= 4 is 77.7 Å². The van der Waals surface area contributed by atoms with Crippen LogP contribution in [0.2, 0.25) is 5.02 Å². The zero-order valence-corrected chi connectivity index (χ0v) is 38.5. The van der Waals surface area contributed by atoms with Crippen molar-refractivity contribution in [3.05, 3.63) is 76.6 Å². The van der Waals surface area contributed by atoms with Crippen molar-refractivity contribution in [2.75, 3.05) is 18.9 Å². The van der Waals surface area contributed by atoms with Gasteiger partial charge < -0.3 is 46.5 Å². The number of thioether (sulfide) groups is 1. The Kier molecular flexibility index (Phi) is 21.1. The van der Waals surface area contributed by atoms with E-state index in [0.717, 1.165) is 5.56 Å². The van der Waals surface area contributed by atoms with E-state index in [1.54, 1.807) is 76.2 Å². The molecule has 338 valence electrons. The molecule has 0 saturated carbocycles. The molecule has 0 saturated heterocycles. The summed E-state index contributed by atoms with van der Waals surface area (Å²) in [6, 6.07) is 13.7. The number of amides is 2. The molecule has 0 aliphatic heterocycles. The normalized spacial score (nSPS) is 13.1. The van der Waals surface area contributed by atoms with Crippen molar-refractivity contribution in [3.8, 4) is 40.5 Å². The van der Waals surface area contributed by atoms with Crippen molar-refractivity contribution in [3.63, 3.8) is 0 Å². The Morgan fingerprint density at radius 2 is 1.33 bits per heavy atom. The number of carbonyl (C=O) groups is 4. The predicted molar refractivity (Wildman–Crippen MR) is 242 cm³/mol. The summed E-state index contributed by atoms with van der Waals surface area (Å²) in [7, 11) is 0. The van der Waals surface area contributed by atoms with Gasteiger partial charge in [0.15, 0.2) is 6.10 Å². The minimum absolute atomic E-state index is 0. The van der Waals surface area contributed by atoms with E-state index < -0.39 is 66.5 Å². The summed E-state index contributed by atoms with van der Waals surface area (Å²) in [5.74, 6) is -2.65. The van der Waals surface area contributed by atoms with E-state index in [2.05, 4.69) is 32.7 Å². The molecule has 0 bridgehead atoms. The van der Waals surface area contributed by atoms with Gasteiger partial charge in [-0.25, -0.2) is 19.6 Å². The highest BCUT2D eigenvalue weighted by Crippen LogP contribution is 2.37. The molecular weight excluding hydrogens is 897 g/mol. The van der Waals surface area contributed by atoms with Crippen LogP contribution in [-0.2, 0) is 34.4 Å². The lowest BCUT2D eigenvalue weighted by molar-refractivity contribution is -0.165. The number of aromatic nitrogens is 2. The van der Waals surface area contributed by atoms with Crippen molar-refractivity contribution in [1.82, 2.24) is 20.6 Å². The summed E-state index contributed by atoms with van der Waals surface area (Å²) < 4.78 is 22.9. The Morgan fingerprint density at radius 1 is 0.794 bits per heavy atom. The molecule has 63 heavy (non-hydrogen) atoms. The van der Waals surface area contributed by atoms with Gasteiger partial charge in [-0.15, -0.1) is 24.8 Å². The molecule has 0 radical (unpaired) electrons. The molecule has 4 rings (SSSR count). The van der Waals surface area contributed by atoms with Crippen LogP contribution in [-0.4, -0.2) is 77.2 Å². The van der Waals surface area contributed by atoms with Gasteiger partial charge in [-0.3, -0.25) is 9.59 Å². The van der Waals surface area contributed by atoms with Crippen LogP contribution in [0.4, 0.5) is 5.82 Å². The first-order chi connectivity index (χ1) is 28.9. The fourth-order valence-electron chi connectivity index (χ4n) is 5.52. The second kappa shape index (κ2) is 24.9. The molecule has 0 spiro atoms. The summed E-state index contributed by atoms with van der Waals surface area (Å²) in [6.07, 6.45) is 0.308. The molecule has 21 heteroatoms. The number of pyridine rings is 1. The lowest BCUT2D eigenvalue weighted by Crippen LogP contribution is -2.52. The van der Waals surface area contributed by atoms with E-state index in [9.17, 15) is 29.7 Å². The maximum absolute atomic E-state index is 13.4. The number of nitrogens with one attached hydrogen (secondary N) is 2. The number of anilines is 1. The third-order valence-electron chi connectivity index (χ3n) is 8.95. The molecule has 2 heterocycles. The lowest BCUT2D eigenvalue weighted by atomic mass is 9.97. The molecule has 4 aromatic rings. The topological polar surface area (TPSA) is 285 Å². The molecule has 0 aliphatic carbocycles. The second-order valence-corrected chi connectivity index (χ2v) is 16.1. The third kappa shape index (κ3) is 14.7. The van der Waals surface area contributed by atoms with Gasteiger partial charge in [0, 0.05) is 21.9 Å². The van der Waals surface area contributed by atoms with Crippen LogP contribution < -0.4 is 32.6 Å². The molecule has 2 aromatic heterocycles. The van der Waals surface area contributed by atoms with Crippen LogP contribution in [0.15, 0.2) is 64.2 Å². The van der Waals surface area contributed by atoms with E-state index in [0.29, 0.717) is 22.2 Å². The van der Waals surface area contributed by atoms with Gasteiger partial charge >= 0.3 is 11.9 Å². The summed E-state index contributed by atoms with van der Waals surface area (Å²) >= 11 is 7.19. The first-order valence-electron chi connectivity index (χ1n) is 19.1. The Bertz CT molecular complexity index is 2280. The molecule has 2 amide bonds. The minimum Gasteiger partial charge on any atom is -0.490 e. The number of carbonyl (C=O) groups excluding carboxylic acids is 4. The first-order valence-corrected chi connectivity index (χ1v) is 20.5. The Labute approximate surface area is 386 Å². The number of nitrogen functional groups attached to an aromatic ring is 1. The number of esters is 2. The van der Waals surface area contributed by atoms with Crippen molar-refractivity contribution in [2.24, 2.45) is 23.3 Å². The highest BCUT2D eigenvalue weighted by molar-refractivity contribution is 7.98. The minimum atomic E-state index is -1.19. The van der Waals surface area contributed by atoms with E-state index >= 15 is 0 Å². The summed E-state index contributed by atoms with van der Waals surface area (Å²) in [6.45, 7) is 8.98. The SMILES string of the molecule is CC(C)[C@H](NC(=O)[C@H](C)N)C(=O)OC[C@H](COc1ccc(-c2c(C#N)c(N)nc(SCc3coc(-c4ccc(Cl)cc4)n3)c2C#N)cc1)OC(=O)[C@@H](NC(=O)[C@H](C)N)C(C)C.Cl.Cl. The van der Waals surface area contributed by atoms with E-state index in [4.69, 9.17) is 47.4 Å². The van der Waals surface area contributed by atoms with Crippen molar-refractivity contribution in [1.29, 1.82) is 10.5 Å². The maximum atomic E-state index is 13.4. The highest BCUT2D eigenvalue weighted by Gasteiger charge is 2.32. The van der Waals surface area contributed by atoms with Gasteiger partial charge in [0.1, 0.15) is 65.9 Å². The first kappa shape index (κ1) is 53.5. The van der Waals surface area contributed by atoms with Crippen LogP contribution in [0, 0.1) is 34.5 Å². The molecule has 0 aliphatic rings. The number of hydrogen-bond acceptors (Lipinski definition) is 16. The average molecular weight is 947 g/mol. The molecule has 0 fully saturated rings. The van der Waals surface area contributed by atoms with Gasteiger partial charge in [-0.2, -0.15) is 10.5 Å². The van der Waals surface area contributed by atoms with Gasteiger partial charge in [-0.1, -0.05) is 63.2 Å². The van der Waals surface area contributed by atoms with Gasteiger partial charge in [-0.05, 0) is 67.6 Å². The number of oxazole rings is 1. The number of nitrogens with two attached hydrogens (primary N) is 3. The predicted octanol–water partition coefficient (Wildman–Crippen LogP) is 5.33. The van der Waals surface area contributed by atoms with Crippen LogP contribution in [0.1, 0.15) is 58.4 Å². The Hall–Kier alpha value is -5.60. The smallest absolute Gasteiger partial charge is 0.329 e. The fourth-order valence-corrected chi connectivity index (χ4v) is 6.52. The Balaban J connectivity index is 0.00000683. The third-order valence-corrected chi connectivity index (χ3v) is 10.2. The number of halogens is 3. The molecule has 17 nitrogen and oxygen atoms in total. The monoisotopic (exact) mass is 945 g/mol. The lowest BCUT2D eigenvalue weighted by Gasteiger charge is -2.26. The molecule has 8 N–H and O–H groups in total. The maximum Gasteiger partial charge on any atom is 0.329 e. The number of nitriles is 2. The van der Waals surface area contributed by atoms with Crippen LogP contribution in [0.5, 0.6) is 5.75 Å². The number of benzene rings is 2. The summed E-state index contributed by atoms with van der Waals surface area (Å²) in [5, 5.41) is 26.4. The number of ether oxygens (including phenoxy) is 3. The molecule has 0 unspecified atom stereocenters. The average Bonchev–Trinajstić information content (AvgIpc) is 3.70. The fraction of sp³-hybridized carbons (Fsp3) is 0.381. The summed E-state index contributed by atoms with van der Waals surface area (Å²) in [5.41, 5.74) is 19.8. The van der Waals surface area contributed by atoms with E-state index in [1.165, 1.54) is 31.9 Å². The van der Waals surface area contributed by atoms with Gasteiger partial charge in [0.25, 0.3) is 0 Å².